The van der Waals surface area contributed by atoms with Crippen molar-refractivity contribution in [2.45, 2.75) is 50.1 Å². The number of hydrogen-bond acceptors (Lipinski definition) is 5. The van der Waals surface area contributed by atoms with Gasteiger partial charge in [-0.3, -0.25) is 9.59 Å². The minimum Gasteiger partial charge on any atom is -0.497 e. The Morgan fingerprint density at radius 1 is 1.03 bits per heavy atom. The van der Waals surface area contributed by atoms with Crippen molar-refractivity contribution in [3.05, 3.63) is 59.7 Å². The van der Waals surface area contributed by atoms with E-state index < -0.39 is 16.1 Å². The van der Waals surface area contributed by atoms with E-state index in [2.05, 4.69) is 5.32 Å². The van der Waals surface area contributed by atoms with Crippen LogP contribution in [0.3, 0.4) is 0 Å². The van der Waals surface area contributed by atoms with Gasteiger partial charge in [0.1, 0.15) is 11.8 Å². The van der Waals surface area contributed by atoms with Crippen molar-refractivity contribution in [3.8, 4) is 5.75 Å². The molecule has 2 aromatic carbocycles. The van der Waals surface area contributed by atoms with Crippen molar-refractivity contribution < 1.29 is 22.7 Å². The lowest BCUT2D eigenvalue weighted by molar-refractivity contribution is -0.140. The van der Waals surface area contributed by atoms with E-state index in [1.807, 2.05) is 24.3 Å². The highest BCUT2D eigenvalue weighted by Gasteiger charge is 2.27. The number of benzene rings is 2. The van der Waals surface area contributed by atoms with Crippen LogP contribution in [-0.4, -0.2) is 62.7 Å². The number of sulfonamides is 1. The van der Waals surface area contributed by atoms with Crippen LogP contribution < -0.4 is 10.1 Å². The standard InChI is InChI=1S/C25H33N3O5S/c1-19(25(30)26-2)28(18-21-6-11-22(33-3)12-7-21)24(29)15-10-20-8-13-23(14-9-20)34(31,32)27-16-4-5-17-27/h6-9,11-14,19H,4-5,10,15-18H2,1-3H3,(H,26,30)/t19-/m0/s1. The fourth-order valence-electron chi connectivity index (χ4n) is 4.02. The number of amides is 2. The van der Waals surface area contributed by atoms with Crippen molar-refractivity contribution in [2.75, 3.05) is 27.2 Å². The van der Waals surface area contributed by atoms with Crippen LogP contribution >= 0.6 is 0 Å². The molecule has 34 heavy (non-hydrogen) atoms. The van der Waals surface area contributed by atoms with Crippen LogP contribution in [0.5, 0.6) is 5.75 Å². The molecular weight excluding hydrogens is 454 g/mol. The Morgan fingerprint density at radius 2 is 1.62 bits per heavy atom. The third kappa shape index (κ3) is 6.15. The van der Waals surface area contributed by atoms with Gasteiger partial charge in [0.2, 0.25) is 21.8 Å². The second-order valence-corrected chi connectivity index (χ2v) is 10.4. The zero-order chi connectivity index (χ0) is 24.7. The molecule has 0 unspecified atom stereocenters. The maximum absolute atomic E-state index is 13.1. The lowest BCUT2D eigenvalue weighted by Crippen LogP contribution is -2.46. The molecule has 1 fully saturated rings. The van der Waals surface area contributed by atoms with Crippen LogP contribution in [0.15, 0.2) is 53.4 Å². The first-order valence-electron chi connectivity index (χ1n) is 11.5. The highest BCUT2D eigenvalue weighted by Crippen LogP contribution is 2.22. The van der Waals surface area contributed by atoms with E-state index in [-0.39, 0.29) is 23.1 Å². The van der Waals surface area contributed by atoms with Gasteiger partial charge in [0.25, 0.3) is 0 Å². The lowest BCUT2D eigenvalue weighted by Gasteiger charge is -2.28. The topological polar surface area (TPSA) is 96.0 Å². The van der Waals surface area contributed by atoms with Gasteiger partial charge in [-0.15, -0.1) is 0 Å². The average Bonchev–Trinajstić information content (AvgIpc) is 3.41. The molecule has 0 radical (unpaired) electrons. The molecule has 0 aliphatic carbocycles. The summed E-state index contributed by atoms with van der Waals surface area (Å²) < 4.78 is 32.1. The van der Waals surface area contributed by atoms with E-state index in [4.69, 9.17) is 4.74 Å². The number of likely N-dealkylation sites (N-methyl/N-ethyl adjacent to an activating group) is 1. The lowest BCUT2D eigenvalue weighted by atomic mass is 10.1. The summed E-state index contributed by atoms with van der Waals surface area (Å²) in [6.07, 6.45) is 2.43. The Kier molecular flexibility index (Phi) is 8.68. The normalized spacial score (nSPS) is 15.0. The zero-order valence-electron chi connectivity index (χ0n) is 20.0. The predicted octanol–water partition coefficient (Wildman–Crippen LogP) is 2.58. The minimum absolute atomic E-state index is 0.152. The molecule has 8 nitrogen and oxygen atoms in total. The van der Waals surface area contributed by atoms with Gasteiger partial charge in [-0.1, -0.05) is 24.3 Å². The highest BCUT2D eigenvalue weighted by molar-refractivity contribution is 7.89. The molecule has 184 valence electrons. The maximum Gasteiger partial charge on any atom is 0.243 e. The van der Waals surface area contributed by atoms with Gasteiger partial charge in [0.15, 0.2) is 0 Å². The molecule has 1 N–H and O–H groups in total. The second-order valence-electron chi connectivity index (χ2n) is 8.42. The van der Waals surface area contributed by atoms with Gasteiger partial charge in [-0.25, -0.2) is 8.42 Å². The summed E-state index contributed by atoms with van der Waals surface area (Å²) in [7, 11) is -0.320. The SMILES string of the molecule is CNC(=O)[C@H](C)N(Cc1ccc(OC)cc1)C(=O)CCc1ccc(S(=O)(=O)N2CCCC2)cc1. The Morgan fingerprint density at radius 3 is 2.18 bits per heavy atom. The molecule has 1 heterocycles. The summed E-state index contributed by atoms with van der Waals surface area (Å²) in [5, 5.41) is 2.61. The minimum atomic E-state index is -3.46. The number of carbonyl (C=O) groups excluding carboxylic acids is 2. The van der Waals surface area contributed by atoms with E-state index in [0.717, 1.165) is 29.7 Å². The molecular formula is C25H33N3O5S. The van der Waals surface area contributed by atoms with Crippen LogP contribution in [0.1, 0.15) is 37.3 Å². The van der Waals surface area contributed by atoms with Gasteiger partial charge in [-0.05, 0) is 61.6 Å². The first kappa shape index (κ1) is 25.7. The average molecular weight is 488 g/mol. The Hall–Kier alpha value is -2.91. The van der Waals surface area contributed by atoms with E-state index in [1.54, 1.807) is 50.2 Å². The van der Waals surface area contributed by atoms with Gasteiger partial charge in [-0.2, -0.15) is 4.31 Å². The molecule has 0 aromatic heterocycles. The first-order valence-corrected chi connectivity index (χ1v) is 12.9. The molecule has 1 aliphatic rings. The second kappa shape index (κ2) is 11.5. The largest absolute Gasteiger partial charge is 0.497 e. The summed E-state index contributed by atoms with van der Waals surface area (Å²) in [5.74, 6) is 0.329. The molecule has 1 atom stereocenters. The first-order chi connectivity index (χ1) is 16.3. The van der Waals surface area contributed by atoms with Crippen LogP contribution in [0.4, 0.5) is 0 Å². The van der Waals surface area contributed by atoms with Crippen LogP contribution in [0.25, 0.3) is 0 Å². The van der Waals surface area contributed by atoms with Gasteiger partial charge < -0.3 is 15.0 Å². The molecule has 2 amide bonds. The van der Waals surface area contributed by atoms with Gasteiger partial charge in [0, 0.05) is 33.1 Å². The number of ether oxygens (including phenoxy) is 1. The predicted molar refractivity (Wildman–Crippen MR) is 130 cm³/mol. The number of rotatable bonds is 10. The Labute approximate surface area is 201 Å². The van der Waals surface area contributed by atoms with E-state index >= 15 is 0 Å². The van der Waals surface area contributed by atoms with Crippen LogP contribution in [0, 0.1) is 0 Å². The Bertz CT molecular complexity index is 1080. The van der Waals surface area contributed by atoms with Crippen molar-refractivity contribution in [1.82, 2.24) is 14.5 Å². The van der Waals surface area contributed by atoms with Gasteiger partial charge in [0.05, 0.1) is 12.0 Å². The molecule has 3 rings (SSSR count). The van der Waals surface area contributed by atoms with Crippen molar-refractivity contribution in [3.63, 3.8) is 0 Å². The molecule has 0 saturated carbocycles. The molecule has 1 saturated heterocycles. The quantitative estimate of drug-likeness (QED) is 0.556. The fraction of sp³-hybridized carbons (Fsp3) is 0.440. The highest BCUT2D eigenvalue weighted by atomic mass is 32.2. The van der Waals surface area contributed by atoms with E-state index in [0.29, 0.717) is 26.1 Å². The van der Waals surface area contributed by atoms with Gasteiger partial charge >= 0.3 is 0 Å². The molecule has 1 aliphatic heterocycles. The molecule has 2 aromatic rings. The van der Waals surface area contributed by atoms with Crippen molar-refractivity contribution in [2.24, 2.45) is 0 Å². The number of nitrogens with one attached hydrogen (secondary N) is 1. The number of carbonyl (C=O) groups is 2. The third-order valence-corrected chi connectivity index (χ3v) is 8.09. The van der Waals surface area contributed by atoms with Crippen LogP contribution in [0.2, 0.25) is 0 Å². The summed E-state index contributed by atoms with van der Waals surface area (Å²) >= 11 is 0. The van der Waals surface area contributed by atoms with E-state index in [9.17, 15) is 18.0 Å². The maximum atomic E-state index is 13.1. The smallest absolute Gasteiger partial charge is 0.243 e. The summed E-state index contributed by atoms with van der Waals surface area (Å²) in [5.41, 5.74) is 1.76. The summed E-state index contributed by atoms with van der Waals surface area (Å²) in [4.78, 5) is 27.2. The number of hydrogen-bond donors (Lipinski definition) is 1. The number of aryl methyl sites for hydroxylation is 1. The van der Waals surface area contributed by atoms with Crippen molar-refractivity contribution >= 4 is 21.8 Å². The van der Waals surface area contributed by atoms with Crippen molar-refractivity contribution in [1.29, 1.82) is 0 Å². The number of nitrogens with zero attached hydrogens (tertiary/aromatic N) is 2. The van der Waals surface area contributed by atoms with E-state index in [1.165, 1.54) is 4.31 Å². The molecule has 0 bridgehead atoms. The van der Waals surface area contributed by atoms with Crippen LogP contribution in [-0.2, 0) is 32.6 Å². The molecule has 9 heteroatoms. The Balaban J connectivity index is 1.67. The monoisotopic (exact) mass is 487 g/mol. The molecule has 0 spiro atoms. The summed E-state index contributed by atoms with van der Waals surface area (Å²) in [6, 6.07) is 13.5. The fourth-order valence-corrected chi connectivity index (χ4v) is 5.54. The number of methoxy groups -OCH3 is 1. The summed E-state index contributed by atoms with van der Waals surface area (Å²) in [6.45, 7) is 3.13. The third-order valence-electron chi connectivity index (χ3n) is 6.18. The zero-order valence-corrected chi connectivity index (χ0v) is 20.8.